The summed E-state index contributed by atoms with van der Waals surface area (Å²) in [6.45, 7) is 9.88. The zero-order chi connectivity index (χ0) is 25.2. The fraction of sp³-hybridized carbons (Fsp3) is 0.444. The Morgan fingerprint density at radius 2 is 2.00 bits per heavy atom. The molecule has 0 spiro atoms. The van der Waals surface area contributed by atoms with E-state index >= 15 is 0 Å². The molecule has 1 aromatic heterocycles. The maximum Gasteiger partial charge on any atom is 0.408 e. The monoisotopic (exact) mass is 496 g/mol. The van der Waals surface area contributed by atoms with Crippen LogP contribution in [0.1, 0.15) is 44.1 Å². The highest BCUT2D eigenvalue weighted by molar-refractivity contribution is 7.09. The van der Waals surface area contributed by atoms with E-state index in [0.29, 0.717) is 31.6 Å². The molecule has 1 aromatic carbocycles. The number of fused-ring (bicyclic) bond motifs is 1. The third-order valence-corrected chi connectivity index (χ3v) is 7.34. The minimum atomic E-state index is -0.791. The predicted molar refractivity (Wildman–Crippen MR) is 135 cm³/mol. The van der Waals surface area contributed by atoms with Crippen LogP contribution < -0.4 is 10.6 Å². The van der Waals surface area contributed by atoms with Crippen LogP contribution in [-0.2, 0) is 31.9 Å². The van der Waals surface area contributed by atoms with Crippen LogP contribution in [0.4, 0.5) is 10.5 Å². The van der Waals surface area contributed by atoms with Crippen molar-refractivity contribution in [1.82, 2.24) is 5.32 Å². The number of alkyl carbamates (subject to hydrolysis) is 1. The number of cyclic esters (lactones) is 1. The zero-order valence-electron chi connectivity index (χ0n) is 20.4. The van der Waals surface area contributed by atoms with Crippen molar-refractivity contribution in [2.24, 2.45) is 11.3 Å². The molecule has 186 valence electrons. The van der Waals surface area contributed by atoms with Gasteiger partial charge in [0.1, 0.15) is 11.6 Å². The highest BCUT2D eigenvalue weighted by Crippen LogP contribution is 2.52. The molecule has 1 aliphatic carbocycles. The second-order valence-electron chi connectivity index (χ2n) is 10.4. The molecule has 1 saturated carbocycles. The maximum atomic E-state index is 13.1. The first kappa shape index (κ1) is 25.0. The van der Waals surface area contributed by atoms with Crippen molar-refractivity contribution in [3.05, 3.63) is 64.4 Å². The van der Waals surface area contributed by atoms with Gasteiger partial charge in [0, 0.05) is 22.9 Å². The Hall–Kier alpha value is -3.13. The zero-order valence-corrected chi connectivity index (χ0v) is 21.2. The quantitative estimate of drug-likeness (QED) is 0.421. The van der Waals surface area contributed by atoms with Crippen LogP contribution in [0.25, 0.3) is 0 Å². The lowest BCUT2D eigenvalue weighted by Gasteiger charge is -2.24. The summed E-state index contributed by atoms with van der Waals surface area (Å²) < 4.78 is 10.7. The van der Waals surface area contributed by atoms with Crippen LogP contribution in [0, 0.1) is 11.3 Å². The van der Waals surface area contributed by atoms with E-state index in [9.17, 15) is 14.4 Å². The third kappa shape index (κ3) is 5.93. The smallest absolute Gasteiger partial charge is 0.408 e. The number of amides is 2. The van der Waals surface area contributed by atoms with Crippen molar-refractivity contribution >= 4 is 35.0 Å². The van der Waals surface area contributed by atoms with E-state index in [1.807, 2.05) is 41.8 Å². The van der Waals surface area contributed by atoms with Gasteiger partial charge in [-0.05, 0) is 69.2 Å². The number of esters is 1. The van der Waals surface area contributed by atoms with Crippen LogP contribution in [0.5, 0.6) is 0 Å². The molecule has 3 atom stereocenters. The lowest BCUT2D eigenvalue weighted by atomic mass is 9.75. The van der Waals surface area contributed by atoms with E-state index in [-0.39, 0.29) is 17.8 Å². The molecule has 2 amide bonds. The van der Waals surface area contributed by atoms with Gasteiger partial charge in [0.2, 0.25) is 5.91 Å². The van der Waals surface area contributed by atoms with Gasteiger partial charge in [0.05, 0.1) is 12.0 Å². The maximum absolute atomic E-state index is 13.1. The van der Waals surface area contributed by atoms with Gasteiger partial charge in [-0.1, -0.05) is 30.4 Å². The summed E-state index contributed by atoms with van der Waals surface area (Å²) >= 11 is 1.52. The fourth-order valence-corrected chi connectivity index (χ4v) is 5.60. The van der Waals surface area contributed by atoms with Crippen molar-refractivity contribution in [3.8, 4) is 0 Å². The Morgan fingerprint density at radius 3 is 2.66 bits per heavy atom. The number of thiophene rings is 1. The minimum absolute atomic E-state index is 0.136. The fourth-order valence-electron chi connectivity index (χ4n) is 4.85. The Labute approximate surface area is 209 Å². The molecule has 1 saturated heterocycles. The van der Waals surface area contributed by atoms with E-state index in [2.05, 4.69) is 17.2 Å². The Balaban J connectivity index is 1.42. The molecule has 1 aliphatic heterocycles. The number of anilines is 1. The number of benzene rings is 1. The average Bonchev–Trinajstić information content (AvgIpc) is 3.45. The highest BCUT2D eigenvalue weighted by atomic mass is 32.1. The molecule has 0 radical (unpaired) electrons. The molecule has 2 aromatic rings. The number of rotatable bonds is 7. The Bertz CT molecular complexity index is 1100. The highest BCUT2D eigenvalue weighted by Gasteiger charge is 2.55. The summed E-state index contributed by atoms with van der Waals surface area (Å²) in [7, 11) is 0. The first-order valence-electron chi connectivity index (χ1n) is 11.8. The number of carbonyl (C=O) groups excluding carboxylic acids is 3. The summed E-state index contributed by atoms with van der Waals surface area (Å²) in [5.74, 6) is -0.288. The number of carbonyl (C=O) groups is 3. The molecule has 2 aliphatic rings. The van der Waals surface area contributed by atoms with Gasteiger partial charge < -0.3 is 20.1 Å². The second kappa shape index (κ2) is 9.85. The molecule has 2 N–H and O–H groups in total. The van der Waals surface area contributed by atoms with Crippen LogP contribution in [0.15, 0.2) is 53.9 Å². The normalized spacial score (nSPS) is 22.3. The third-order valence-electron chi connectivity index (χ3n) is 6.44. The first-order chi connectivity index (χ1) is 16.5. The number of nitrogens with one attached hydrogen (secondary N) is 2. The Kier molecular flexibility index (Phi) is 7.03. The molecule has 3 unspecified atom stereocenters. The van der Waals surface area contributed by atoms with Crippen molar-refractivity contribution in [1.29, 1.82) is 0 Å². The van der Waals surface area contributed by atoms with Gasteiger partial charge in [0.15, 0.2) is 0 Å². The van der Waals surface area contributed by atoms with E-state index < -0.39 is 23.2 Å². The molecule has 4 rings (SSSR count). The molecule has 2 fully saturated rings. The summed E-state index contributed by atoms with van der Waals surface area (Å²) in [5, 5.41) is 7.52. The first-order valence-corrected chi connectivity index (χ1v) is 12.7. The van der Waals surface area contributed by atoms with E-state index in [0.717, 1.165) is 22.4 Å². The number of ether oxygens (including phenoxy) is 2. The topological polar surface area (TPSA) is 93.7 Å². The summed E-state index contributed by atoms with van der Waals surface area (Å²) in [6.07, 6.45) is 1.80. The van der Waals surface area contributed by atoms with Crippen molar-refractivity contribution in [2.45, 2.75) is 58.1 Å². The van der Waals surface area contributed by atoms with Gasteiger partial charge in [-0.3, -0.25) is 9.59 Å². The molecule has 35 heavy (non-hydrogen) atoms. The second-order valence-corrected chi connectivity index (χ2v) is 11.5. The predicted octanol–water partition coefficient (Wildman–Crippen LogP) is 4.87. The van der Waals surface area contributed by atoms with Crippen molar-refractivity contribution in [3.63, 3.8) is 0 Å². The summed E-state index contributed by atoms with van der Waals surface area (Å²) in [5.41, 5.74) is 1.53. The SMILES string of the molecule is C=C1CC2COC(=O)C2(Cc2ccc(NC(=O)C(Cc3cccs3)NC(=O)OC(C)(C)C)cc2)C1. The lowest BCUT2D eigenvalue weighted by molar-refractivity contribution is -0.146. The van der Waals surface area contributed by atoms with E-state index in [1.54, 1.807) is 20.8 Å². The van der Waals surface area contributed by atoms with Crippen LogP contribution in [0.3, 0.4) is 0 Å². The number of hydrogen-bond acceptors (Lipinski definition) is 6. The summed E-state index contributed by atoms with van der Waals surface area (Å²) in [6, 6.07) is 10.5. The van der Waals surface area contributed by atoms with Gasteiger partial charge >= 0.3 is 12.1 Å². The van der Waals surface area contributed by atoms with Gasteiger partial charge in [0.25, 0.3) is 0 Å². The van der Waals surface area contributed by atoms with Crippen LogP contribution in [-0.4, -0.2) is 36.2 Å². The van der Waals surface area contributed by atoms with E-state index in [4.69, 9.17) is 9.47 Å². The molecule has 8 heteroatoms. The molecule has 0 bridgehead atoms. The van der Waals surface area contributed by atoms with Crippen LogP contribution >= 0.6 is 11.3 Å². The van der Waals surface area contributed by atoms with Crippen molar-refractivity contribution in [2.75, 3.05) is 11.9 Å². The number of allylic oxidation sites excluding steroid dienone is 1. The van der Waals surface area contributed by atoms with Gasteiger partial charge in [-0.25, -0.2) is 4.79 Å². The lowest BCUT2D eigenvalue weighted by Crippen LogP contribution is -2.46. The molecule has 7 nitrogen and oxygen atoms in total. The standard InChI is InChI=1S/C27H32N2O5S/c1-17-12-19-16-33-24(31)27(19,14-17)15-18-7-9-20(10-8-18)28-23(30)22(13-21-6-5-11-35-21)29-25(32)34-26(2,3)4/h5-11,19,22H,1,12-16H2,2-4H3,(H,28,30)(H,29,32). The van der Waals surface area contributed by atoms with Gasteiger partial charge in [-0.2, -0.15) is 0 Å². The average molecular weight is 497 g/mol. The van der Waals surface area contributed by atoms with Gasteiger partial charge in [-0.15, -0.1) is 11.3 Å². The molecule has 2 heterocycles. The largest absolute Gasteiger partial charge is 0.465 e. The summed E-state index contributed by atoms with van der Waals surface area (Å²) in [4.78, 5) is 39.0. The van der Waals surface area contributed by atoms with Crippen molar-refractivity contribution < 1.29 is 23.9 Å². The number of hydrogen-bond donors (Lipinski definition) is 2. The minimum Gasteiger partial charge on any atom is -0.465 e. The molecular formula is C27H32N2O5S. The Morgan fingerprint density at radius 1 is 1.26 bits per heavy atom. The van der Waals surface area contributed by atoms with Crippen LogP contribution in [0.2, 0.25) is 0 Å². The van der Waals surface area contributed by atoms with E-state index in [1.165, 1.54) is 11.3 Å². The molecular weight excluding hydrogens is 464 g/mol.